The third-order valence-electron chi connectivity index (χ3n) is 7.30. The summed E-state index contributed by atoms with van der Waals surface area (Å²) in [4.78, 5) is 27.0. The molecule has 0 saturated carbocycles. The van der Waals surface area contributed by atoms with Gasteiger partial charge in [-0.2, -0.15) is 5.10 Å². The highest BCUT2D eigenvalue weighted by molar-refractivity contribution is 7.92. The normalized spacial score (nSPS) is 11.4. The molecule has 0 aliphatic carbocycles. The lowest BCUT2D eigenvalue weighted by Crippen LogP contribution is -2.42. The zero-order valence-corrected chi connectivity index (χ0v) is 27.1. The van der Waals surface area contributed by atoms with E-state index in [2.05, 4.69) is 10.5 Å². The van der Waals surface area contributed by atoms with Crippen molar-refractivity contribution in [1.29, 1.82) is 0 Å². The first kappa shape index (κ1) is 32.8. The van der Waals surface area contributed by atoms with Gasteiger partial charge in [0, 0.05) is 7.05 Å². The number of rotatable bonds is 13. The van der Waals surface area contributed by atoms with Gasteiger partial charge in [-0.15, -0.1) is 0 Å². The molecule has 47 heavy (non-hydrogen) atoms. The molecule has 1 aromatic heterocycles. The van der Waals surface area contributed by atoms with Crippen molar-refractivity contribution >= 4 is 27.8 Å². The molecular formula is C35H35N5O6S. The van der Waals surface area contributed by atoms with Crippen LogP contribution in [0.3, 0.4) is 0 Å². The number of anilines is 1. The molecule has 5 aromatic rings. The summed E-state index contributed by atoms with van der Waals surface area (Å²) in [6, 6.07) is 31.5. The minimum Gasteiger partial charge on any atom is -0.490 e. The highest BCUT2D eigenvalue weighted by Crippen LogP contribution is 2.29. The average molecular weight is 654 g/mol. The Balaban J connectivity index is 1.39. The molecule has 4 aromatic carbocycles. The molecule has 1 heterocycles. The van der Waals surface area contributed by atoms with Crippen molar-refractivity contribution in [2.45, 2.75) is 25.3 Å². The second kappa shape index (κ2) is 14.6. The molecule has 0 fully saturated rings. The number of hydrogen-bond donors (Lipinski definition) is 1. The van der Waals surface area contributed by atoms with Crippen LogP contribution in [0.25, 0.3) is 5.69 Å². The zero-order valence-electron chi connectivity index (χ0n) is 26.2. The van der Waals surface area contributed by atoms with E-state index in [4.69, 9.17) is 9.47 Å². The molecule has 0 aliphatic heterocycles. The standard InChI is InChI=1S/C35H35N5O6S/c1-4-45-32-22-28(20-21-31(32)46-25-27-14-8-5-9-15-27)23-36-37-33(41)24-39(47(43,44)30-18-12-7-13-19-30)34-26(2)38(3)40(35(34)42)29-16-10-6-11-17-29/h5-23H,4,24-25H2,1-3H3,(H,37,41)/b36-23-. The number of sulfonamides is 1. The van der Waals surface area contributed by atoms with Gasteiger partial charge in [-0.05, 0) is 67.4 Å². The fraction of sp³-hybridized carbons (Fsp3) is 0.171. The summed E-state index contributed by atoms with van der Waals surface area (Å²) in [7, 11) is -2.68. The minimum absolute atomic E-state index is 0.0664. The van der Waals surface area contributed by atoms with Crippen LogP contribution in [0.15, 0.2) is 124 Å². The second-order valence-corrected chi connectivity index (χ2v) is 12.3. The number of carbonyl (C=O) groups is 1. The number of aromatic nitrogens is 2. The van der Waals surface area contributed by atoms with E-state index < -0.39 is 28.0 Å². The van der Waals surface area contributed by atoms with E-state index in [1.807, 2.05) is 43.3 Å². The number of benzene rings is 4. The number of nitrogens with zero attached hydrogens (tertiary/aromatic N) is 4. The number of hydrogen-bond acceptors (Lipinski definition) is 7. The third-order valence-corrected chi connectivity index (χ3v) is 9.06. The van der Waals surface area contributed by atoms with Crippen LogP contribution in [0, 0.1) is 6.92 Å². The lowest BCUT2D eigenvalue weighted by Gasteiger charge is -2.22. The number of hydrazone groups is 1. The summed E-state index contributed by atoms with van der Waals surface area (Å²) in [6.07, 6.45) is 1.41. The van der Waals surface area contributed by atoms with Crippen LogP contribution in [0.1, 0.15) is 23.7 Å². The van der Waals surface area contributed by atoms with Gasteiger partial charge >= 0.3 is 0 Å². The van der Waals surface area contributed by atoms with E-state index >= 15 is 0 Å². The van der Waals surface area contributed by atoms with Crippen molar-refractivity contribution in [3.63, 3.8) is 0 Å². The maximum atomic E-state index is 13.9. The molecule has 5 rings (SSSR count). The lowest BCUT2D eigenvalue weighted by atomic mass is 10.2. The molecule has 0 radical (unpaired) electrons. The molecule has 0 saturated heterocycles. The topological polar surface area (TPSA) is 124 Å². The Morgan fingerprint density at radius 3 is 2.19 bits per heavy atom. The zero-order chi connectivity index (χ0) is 33.4. The van der Waals surface area contributed by atoms with Crippen molar-refractivity contribution in [3.8, 4) is 17.2 Å². The van der Waals surface area contributed by atoms with E-state index in [1.165, 1.54) is 23.0 Å². The first-order valence-corrected chi connectivity index (χ1v) is 16.3. The van der Waals surface area contributed by atoms with E-state index in [9.17, 15) is 18.0 Å². The Kier molecular flexibility index (Phi) is 10.2. The summed E-state index contributed by atoms with van der Waals surface area (Å²) in [5, 5.41) is 4.05. The third kappa shape index (κ3) is 7.45. The van der Waals surface area contributed by atoms with Gasteiger partial charge in [0.1, 0.15) is 18.8 Å². The molecule has 0 bridgehead atoms. The van der Waals surface area contributed by atoms with Crippen molar-refractivity contribution in [2.24, 2.45) is 12.1 Å². The Labute approximate surface area is 273 Å². The summed E-state index contributed by atoms with van der Waals surface area (Å²) in [6.45, 7) is 3.57. The molecule has 11 nitrogen and oxygen atoms in total. The number of carbonyl (C=O) groups excluding carboxylic acids is 1. The summed E-state index contributed by atoms with van der Waals surface area (Å²) in [5.41, 5.74) is 4.18. The summed E-state index contributed by atoms with van der Waals surface area (Å²) >= 11 is 0. The monoisotopic (exact) mass is 653 g/mol. The van der Waals surface area contributed by atoms with Gasteiger partial charge in [0.25, 0.3) is 21.5 Å². The SMILES string of the molecule is CCOc1cc(/C=N\NC(=O)CN(c2c(C)n(C)n(-c3ccccc3)c2=O)S(=O)(=O)c2ccccc2)ccc1OCc1ccccc1. The van der Waals surface area contributed by atoms with Gasteiger partial charge in [0.15, 0.2) is 11.5 Å². The van der Waals surface area contributed by atoms with Crippen LogP contribution in [-0.2, 0) is 28.5 Å². The molecule has 242 valence electrons. The van der Waals surface area contributed by atoms with E-state index in [-0.39, 0.29) is 10.6 Å². The minimum atomic E-state index is -4.34. The van der Waals surface area contributed by atoms with Crippen molar-refractivity contribution in [1.82, 2.24) is 14.8 Å². The number of nitrogens with one attached hydrogen (secondary N) is 1. The quantitative estimate of drug-likeness (QED) is 0.144. The van der Waals surface area contributed by atoms with Crippen LogP contribution in [0.2, 0.25) is 0 Å². The molecule has 0 atom stereocenters. The Hall–Kier alpha value is -5.62. The Bertz CT molecular complexity index is 2030. The number of ether oxygens (including phenoxy) is 2. The number of amides is 1. The van der Waals surface area contributed by atoms with Gasteiger partial charge in [-0.3, -0.25) is 14.3 Å². The predicted octanol–water partition coefficient (Wildman–Crippen LogP) is 4.81. The smallest absolute Gasteiger partial charge is 0.296 e. The van der Waals surface area contributed by atoms with Gasteiger partial charge in [0.2, 0.25) is 0 Å². The molecule has 12 heteroatoms. The van der Waals surface area contributed by atoms with Gasteiger partial charge in [-0.1, -0.05) is 66.7 Å². The maximum absolute atomic E-state index is 13.9. The summed E-state index contributed by atoms with van der Waals surface area (Å²) in [5.74, 6) is 0.314. The number of para-hydroxylation sites is 1. The fourth-order valence-electron chi connectivity index (χ4n) is 4.92. The molecule has 0 aliphatic rings. The van der Waals surface area contributed by atoms with Crippen molar-refractivity contribution in [3.05, 3.63) is 136 Å². The van der Waals surface area contributed by atoms with Gasteiger partial charge in [-0.25, -0.2) is 22.8 Å². The van der Waals surface area contributed by atoms with Crippen molar-refractivity contribution in [2.75, 3.05) is 17.5 Å². The van der Waals surface area contributed by atoms with Crippen LogP contribution in [0.5, 0.6) is 11.5 Å². The highest BCUT2D eigenvalue weighted by atomic mass is 32.2. The van der Waals surface area contributed by atoms with E-state index in [1.54, 1.807) is 79.3 Å². The first-order valence-electron chi connectivity index (χ1n) is 14.9. The average Bonchev–Trinajstić information content (AvgIpc) is 3.31. The molecule has 0 unspecified atom stereocenters. The largest absolute Gasteiger partial charge is 0.490 e. The molecule has 1 N–H and O–H groups in total. The molecular weight excluding hydrogens is 618 g/mol. The van der Waals surface area contributed by atoms with E-state index in [0.29, 0.717) is 41.7 Å². The van der Waals surface area contributed by atoms with Crippen LogP contribution in [-0.4, -0.2) is 43.1 Å². The van der Waals surface area contributed by atoms with E-state index in [0.717, 1.165) is 9.87 Å². The highest BCUT2D eigenvalue weighted by Gasteiger charge is 2.33. The van der Waals surface area contributed by atoms with Crippen LogP contribution >= 0.6 is 0 Å². The summed E-state index contributed by atoms with van der Waals surface area (Å²) < 4.78 is 43.3. The van der Waals surface area contributed by atoms with Crippen LogP contribution in [0.4, 0.5) is 5.69 Å². The van der Waals surface area contributed by atoms with Gasteiger partial charge in [0.05, 0.1) is 29.1 Å². The van der Waals surface area contributed by atoms with Gasteiger partial charge < -0.3 is 9.47 Å². The lowest BCUT2D eigenvalue weighted by molar-refractivity contribution is -0.119. The second-order valence-electron chi connectivity index (χ2n) is 10.4. The first-order chi connectivity index (χ1) is 22.7. The van der Waals surface area contributed by atoms with Crippen molar-refractivity contribution < 1.29 is 22.7 Å². The molecule has 0 spiro atoms. The molecule has 1 amide bonds. The predicted molar refractivity (Wildman–Crippen MR) is 181 cm³/mol. The maximum Gasteiger partial charge on any atom is 0.296 e. The van der Waals surface area contributed by atoms with Crippen LogP contribution < -0.4 is 24.8 Å². The fourth-order valence-corrected chi connectivity index (χ4v) is 6.41. The Morgan fingerprint density at radius 2 is 1.53 bits per heavy atom. The Morgan fingerprint density at radius 1 is 0.894 bits per heavy atom.